The molecule has 4 N–H and O–H groups in total. The maximum atomic E-state index is 10.5. The molecule has 0 radical (unpaired) electrons. The Morgan fingerprint density at radius 1 is 1.54 bits per heavy atom. The molecule has 1 fully saturated rings. The third kappa shape index (κ3) is 3.44. The molecule has 1 rings (SSSR count). The van der Waals surface area contributed by atoms with E-state index in [-0.39, 0.29) is 6.61 Å². The van der Waals surface area contributed by atoms with Crippen molar-refractivity contribution < 1.29 is 9.90 Å². The number of amides is 2. The first kappa shape index (κ1) is 10.7. The van der Waals surface area contributed by atoms with Gasteiger partial charge < -0.3 is 10.8 Å². The van der Waals surface area contributed by atoms with Crippen molar-refractivity contribution in [2.24, 2.45) is 11.7 Å². The second-order valence-electron chi connectivity index (χ2n) is 3.35. The number of carbonyl (C=O) groups is 1. The first-order chi connectivity index (χ1) is 6.24. The zero-order valence-corrected chi connectivity index (χ0v) is 8.35. The van der Waals surface area contributed by atoms with Gasteiger partial charge in [0.15, 0.2) is 0 Å². The van der Waals surface area contributed by atoms with Crippen LogP contribution in [0.5, 0.6) is 0 Å². The van der Waals surface area contributed by atoms with Gasteiger partial charge in [-0.3, -0.25) is 4.72 Å². The first-order valence-corrected chi connectivity index (χ1v) is 5.44. The Kier molecular flexibility index (Phi) is 4.38. The van der Waals surface area contributed by atoms with Crippen LogP contribution in [0.2, 0.25) is 0 Å². The number of nitrogens with two attached hydrogens (primary N) is 1. The van der Waals surface area contributed by atoms with Crippen LogP contribution in [-0.2, 0) is 0 Å². The van der Waals surface area contributed by atoms with E-state index in [0.29, 0.717) is 11.2 Å². The summed E-state index contributed by atoms with van der Waals surface area (Å²) in [4.78, 5) is 10.5. The lowest BCUT2D eigenvalue weighted by atomic mass is 9.89. The Morgan fingerprint density at radius 3 is 2.85 bits per heavy atom. The van der Waals surface area contributed by atoms with Gasteiger partial charge in [0.2, 0.25) is 0 Å². The van der Waals surface area contributed by atoms with Gasteiger partial charge in [0.25, 0.3) is 0 Å². The number of primary amides is 1. The summed E-state index contributed by atoms with van der Waals surface area (Å²) >= 11 is 1.35. The molecule has 2 amide bonds. The summed E-state index contributed by atoms with van der Waals surface area (Å²) in [5.74, 6) is 0.311. The lowest BCUT2D eigenvalue weighted by Crippen LogP contribution is -2.31. The van der Waals surface area contributed by atoms with Gasteiger partial charge in [-0.2, -0.15) is 0 Å². The number of urea groups is 1. The van der Waals surface area contributed by atoms with Crippen molar-refractivity contribution in [3.05, 3.63) is 0 Å². The van der Waals surface area contributed by atoms with Gasteiger partial charge in [0, 0.05) is 11.9 Å². The monoisotopic (exact) mass is 204 g/mol. The van der Waals surface area contributed by atoms with Gasteiger partial charge >= 0.3 is 6.03 Å². The number of nitrogens with one attached hydrogen (secondary N) is 1. The largest absolute Gasteiger partial charge is 0.396 e. The molecular formula is C8H16N2O2S. The van der Waals surface area contributed by atoms with Crippen LogP contribution in [0.25, 0.3) is 0 Å². The van der Waals surface area contributed by atoms with Crippen molar-refractivity contribution in [2.45, 2.75) is 30.9 Å². The zero-order chi connectivity index (χ0) is 9.68. The molecule has 1 aliphatic carbocycles. The summed E-state index contributed by atoms with van der Waals surface area (Å²) in [6.45, 7) is 0.206. The van der Waals surface area contributed by atoms with Crippen LogP contribution in [0.1, 0.15) is 25.7 Å². The summed E-state index contributed by atoms with van der Waals surface area (Å²) in [5.41, 5.74) is 4.96. The van der Waals surface area contributed by atoms with E-state index < -0.39 is 6.03 Å². The summed E-state index contributed by atoms with van der Waals surface area (Å²) in [6, 6.07) is -0.507. The number of rotatable bonds is 3. The van der Waals surface area contributed by atoms with Crippen molar-refractivity contribution in [3.63, 3.8) is 0 Å². The van der Waals surface area contributed by atoms with E-state index in [2.05, 4.69) is 4.72 Å². The molecule has 0 bridgehead atoms. The minimum absolute atomic E-state index is 0.206. The maximum absolute atomic E-state index is 10.5. The van der Waals surface area contributed by atoms with Crippen molar-refractivity contribution in [3.8, 4) is 0 Å². The lowest BCUT2D eigenvalue weighted by Gasteiger charge is -2.28. The predicted octanol–water partition coefficient (Wildman–Crippen LogP) is 0.854. The van der Waals surface area contributed by atoms with Crippen molar-refractivity contribution in [1.29, 1.82) is 0 Å². The third-order valence-corrected chi connectivity index (χ3v) is 3.63. The van der Waals surface area contributed by atoms with E-state index in [4.69, 9.17) is 10.8 Å². The molecule has 0 aliphatic heterocycles. The molecule has 1 saturated carbocycles. The molecule has 0 aromatic carbocycles. The Hall–Kier alpha value is -0.420. The molecule has 2 atom stereocenters. The van der Waals surface area contributed by atoms with Crippen LogP contribution in [0.15, 0.2) is 0 Å². The fourth-order valence-corrected chi connectivity index (χ4v) is 2.64. The summed E-state index contributed by atoms with van der Waals surface area (Å²) in [5, 5.41) is 9.39. The van der Waals surface area contributed by atoms with E-state index in [1.165, 1.54) is 24.8 Å². The Balaban J connectivity index is 2.31. The van der Waals surface area contributed by atoms with Gasteiger partial charge in [0.1, 0.15) is 0 Å². The normalized spacial score (nSPS) is 28.4. The number of aliphatic hydroxyl groups excluding tert-OH is 1. The standard InChI is InChI=1S/C8H16N2O2S/c9-8(12)10-13-7-4-2-1-3-6(7)5-11/h6-7,11H,1-5H2,(H3,9,10,12). The minimum atomic E-state index is -0.507. The fourth-order valence-electron chi connectivity index (χ4n) is 1.67. The van der Waals surface area contributed by atoms with Crippen LogP contribution >= 0.6 is 11.9 Å². The van der Waals surface area contributed by atoms with Crippen molar-refractivity contribution in [2.75, 3.05) is 6.61 Å². The second kappa shape index (κ2) is 5.34. The average molecular weight is 204 g/mol. The topological polar surface area (TPSA) is 75.4 Å². The van der Waals surface area contributed by atoms with Gasteiger partial charge in [-0.1, -0.05) is 12.8 Å². The van der Waals surface area contributed by atoms with Crippen LogP contribution in [0.3, 0.4) is 0 Å². The van der Waals surface area contributed by atoms with E-state index in [0.717, 1.165) is 12.8 Å². The molecule has 0 aromatic heterocycles. The van der Waals surface area contributed by atoms with E-state index in [9.17, 15) is 4.79 Å². The Bertz CT molecular complexity index is 178. The highest BCUT2D eigenvalue weighted by atomic mass is 32.2. The van der Waals surface area contributed by atoms with E-state index in [1.54, 1.807) is 0 Å². The van der Waals surface area contributed by atoms with Crippen molar-refractivity contribution >= 4 is 18.0 Å². The number of hydrogen-bond acceptors (Lipinski definition) is 3. The zero-order valence-electron chi connectivity index (χ0n) is 7.53. The van der Waals surface area contributed by atoms with E-state index >= 15 is 0 Å². The number of aliphatic hydroxyl groups is 1. The molecular weight excluding hydrogens is 188 g/mol. The molecule has 76 valence electrons. The number of hydrogen-bond donors (Lipinski definition) is 3. The smallest absolute Gasteiger partial charge is 0.322 e. The quantitative estimate of drug-likeness (QED) is 0.597. The van der Waals surface area contributed by atoms with Crippen LogP contribution in [0.4, 0.5) is 4.79 Å². The van der Waals surface area contributed by atoms with E-state index in [1.807, 2.05) is 0 Å². The second-order valence-corrected chi connectivity index (χ2v) is 4.40. The van der Waals surface area contributed by atoms with Gasteiger partial charge in [-0.15, -0.1) is 0 Å². The molecule has 0 spiro atoms. The van der Waals surface area contributed by atoms with Crippen molar-refractivity contribution in [1.82, 2.24) is 4.72 Å². The average Bonchev–Trinajstić information content (AvgIpc) is 2.15. The summed E-state index contributed by atoms with van der Waals surface area (Å²) in [7, 11) is 0. The molecule has 0 saturated heterocycles. The molecule has 0 aromatic rings. The van der Waals surface area contributed by atoms with Crippen LogP contribution < -0.4 is 10.5 Å². The van der Waals surface area contributed by atoms with Crippen LogP contribution in [-0.4, -0.2) is 23.0 Å². The molecule has 1 aliphatic rings. The fraction of sp³-hybridized carbons (Fsp3) is 0.875. The molecule has 4 nitrogen and oxygen atoms in total. The molecule has 2 unspecified atom stereocenters. The summed E-state index contributed by atoms with van der Waals surface area (Å²) in [6.07, 6.45) is 4.46. The number of carbonyl (C=O) groups excluding carboxylic acids is 1. The highest BCUT2D eigenvalue weighted by molar-refractivity contribution is 7.98. The SMILES string of the molecule is NC(=O)NSC1CCCCC1CO. The maximum Gasteiger partial charge on any atom is 0.322 e. The Labute approximate surface area is 82.4 Å². The lowest BCUT2D eigenvalue weighted by molar-refractivity contribution is 0.195. The van der Waals surface area contributed by atoms with Gasteiger partial charge in [0.05, 0.1) is 0 Å². The third-order valence-electron chi connectivity index (χ3n) is 2.38. The molecule has 13 heavy (non-hydrogen) atoms. The first-order valence-electron chi connectivity index (χ1n) is 4.56. The van der Waals surface area contributed by atoms with Gasteiger partial charge in [-0.25, -0.2) is 4.79 Å². The Morgan fingerprint density at radius 2 is 2.23 bits per heavy atom. The highest BCUT2D eigenvalue weighted by Crippen LogP contribution is 2.31. The molecule has 0 heterocycles. The predicted molar refractivity (Wildman–Crippen MR) is 53.1 cm³/mol. The summed E-state index contributed by atoms with van der Waals surface area (Å²) < 4.78 is 2.52. The minimum Gasteiger partial charge on any atom is -0.396 e. The van der Waals surface area contributed by atoms with Gasteiger partial charge in [-0.05, 0) is 30.7 Å². The molecule has 5 heteroatoms. The van der Waals surface area contributed by atoms with Crippen LogP contribution in [0, 0.1) is 5.92 Å². The highest BCUT2D eigenvalue weighted by Gasteiger charge is 2.25.